The number of hydrogen-bond donors (Lipinski definition) is 0. The summed E-state index contributed by atoms with van der Waals surface area (Å²) in [5.41, 5.74) is 8.31. The van der Waals surface area contributed by atoms with Gasteiger partial charge in [-0.3, -0.25) is 0 Å². The van der Waals surface area contributed by atoms with Crippen LogP contribution in [0.25, 0.3) is 28.9 Å². The van der Waals surface area contributed by atoms with Gasteiger partial charge >= 0.3 is 0 Å². The summed E-state index contributed by atoms with van der Waals surface area (Å²) in [5.74, 6) is 0.358. The van der Waals surface area contributed by atoms with Crippen molar-refractivity contribution in [3.8, 4) is 12.1 Å². The molecule has 3 aromatic rings. The topological polar surface area (TPSA) is 47.6 Å². The van der Waals surface area contributed by atoms with Gasteiger partial charge in [0, 0.05) is 5.92 Å². The van der Waals surface area contributed by atoms with E-state index in [1.807, 2.05) is 54.6 Å². The van der Waals surface area contributed by atoms with E-state index >= 15 is 0 Å². The average molecular weight is 511 g/mol. The molecule has 0 bridgehead atoms. The quantitative estimate of drug-likeness (QED) is 0.130. The van der Waals surface area contributed by atoms with Crippen LogP contribution in [0.15, 0.2) is 92.0 Å². The minimum Gasteiger partial charge on any atom is -0.192 e. The molecule has 2 nitrogen and oxygen atoms in total. The van der Waals surface area contributed by atoms with Crippen molar-refractivity contribution >= 4 is 28.9 Å². The maximum Gasteiger partial charge on any atom is 0.0998 e. The smallest absolute Gasteiger partial charge is 0.0998 e. The monoisotopic (exact) mass is 510 g/mol. The standard InChI is InChI=1S/C37H38N2/c1-5-8-10-28(4)32-16-12-29(13-17-32)24-36(26-38)34-20-22-35(23-21-34)37(27-39)25-30-14-18-33(19-15-30)31(7-3)11-9-6-2/h7,12-25,31H,3-6,8-11H2,1-2H3/b36-24+,37-25+. The summed E-state index contributed by atoms with van der Waals surface area (Å²) < 4.78 is 0. The zero-order valence-electron chi connectivity index (χ0n) is 23.3. The zero-order valence-corrected chi connectivity index (χ0v) is 23.3. The molecule has 1 unspecified atom stereocenters. The van der Waals surface area contributed by atoms with Crippen LogP contribution in [-0.2, 0) is 0 Å². The minimum atomic E-state index is 0.358. The Hall–Kier alpha value is -4.40. The second-order valence-electron chi connectivity index (χ2n) is 9.90. The number of allylic oxidation sites excluding steroid dienone is 4. The average Bonchev–Trinajstić information content (AvgIpc) is 2.99. The van der Waals surface area contributed by atoms with Gasteiger partial charge in [-0.05, 0) is 70.4 Å². The molecule has 0 fully saturated rings. The number of nitrogens with zero attached hydrogens (tertiary/aromatic N) is 2. The fourth-order valence-electron chi connectivity index (χ4n) is 4.56. The van der Waals surface area contributed by atoms with Gasteiger partial charge in [-0.2, -0.15) is 10.5 Å². The van der Waals surface area contributed by atoms with E-state index in [1.165, 1.54) is 18.4 Å². The van der Waals surface area contributed by atoms with E-state index in [0.29, 0.717) is 17.1 Å². The van der Waals surface area contributed by atoms with Crippen molar-refractivity contribution in [2.45, 2.75) is 58.3 Å². The maximum atomic E-state index is 9.85. The van der Waals surface area contributed by atoms with E-state index in [4.69, 9.17) is 0 Å². The fourth-order valence-corrected chi connectivity index (χ4v) is 4.56. The Morgan fingerprint density at radius 3 is 1.62 bits per heavy atom. The highest BCUT2D eigenvalue weighted by Gasteiger charge is 2.08. The SMILES string of the molecule is C=CC(CCCC)c1ccc(/C=C(\C#N)c2ccc(/C(C#N)=C/c3ccc(C(=C)CCCC)cc3)cc2)cc1. The molecule has 0 aliphatic heterocycles. The van der Waals surface area contributed by atoms with Gasteiger partial charge < -0.3 is 0 Å². The van der Waals surface area contributed by atoms with E-state index < -0.39 is 0 Å². The number of rotatable bonds is 13. The summed E-state index contributed by atoms with van der Waals surface area (Å²) in [6.45, 7) is 12.6. The predicted molar refractivity (Wildman–Crippen MR) is 167 cm³/mol. The lowest BCUT2D eigenvalue weighted by Gasteiger charge is -2.12. The second-order valence-corrected chi connectivity index (χ2v) is 9.90. The Morgan fingerprint density at radius 2 is 1.18 bits per heavy atom. The first-order valence-electron chi connectivity index (χ1n) is 13.9. The van der Waals surface area contributed by atoms with Crippen molar-refractivity contribution in [2.24, 2.45) is 0 Å². The van der Waals surface area contributed by atoms with E-state index in [0.717, 1.165) is 59.1 Å². The van der Waals surface area contributed by atoms with Crippen LogP contribution in [0.4, 0.5) is 0 Å². The molecule has 0 N–H and O–H groups in total. The van der Waals surface area contributed by atoms with Gasteiger partial charge in [0.25, 0.3) is 0 Å². The van der Waals surface area contributed by atoms with Gasteiger partial charge in [0.15, 0.2) is 0 Å². The van der Waals surface area contributed by atoms with Crippen LogP contribution < -0.4 is 0 Å². The van der Waals surface area contributed by atoms with Gasteiger partial charge in [0.05, 0.1) is 23.3 Å². The van der Waals surface area contributed by atoms with Crippen molar-refractivity contribution in [1.29, 1.82) is 10.5 Å². The summed E-state index contributed by atoms with van der Waals surface area (Å²) in [5, 5.41) is 19.7. The van der Waals surface area contributed by atoms with Crippen LogP contribution in [0.5, 0.6) is 0 Å². The molecule has 39 heavy (non-hydrogen) atoms. The van der Waals surface area contributed by atoms with Crippen LogP contribution in [0.1, 0.15) is 91.7 Å². The molecular formula is C37H38N2. The molecule has 0 radical (unpaired) electrons. The van der Waals surface area contributed by atoms with E-state index in [1.54, 1.807) is 0 Å². The highest BCUT2D eigenvalue weighted by Crippen LogP contribution is 2.26. The van der Waals surface area contributed by atoms with Crippen LogP contribution in [0.3, 0.4) is 0 Å². The van der Waals surface area contributed by atoms with Crippen LogP contribution in [0, 0.1) is 22.7 Å². The molecule has 3 rings (SSSR count). The molecule has 196 valence electrons. The molecule has 1 atom stereocenters. The molecule has 0 saturated carbocycles. The van der Waals surface area contributed by atoms with Crippen molar-refractivity contribution in [2.75, 3.05) is 0 Å². The molecule has 2 heteroatoms. The Labute approximate surface area is 235 Å². The minimum absolute atomic E-state index is 0.358. The number of benzene rings is 3. The Morgan fingerprint density at radius 1 is 0.718 bits per heavy atom. The van der Waals surface area contributed by atoms with Crippen LogP contribution in [-0.4, -0.2) is 0 Å². The Bertz CT molecular complexity index is 1390. The third kappa shape index (κ3) is 8.29. The molecule has 0 aliphatic carbocycles. The molecule has 0 amide bonds. The van der Waals surface area contributed by atoms with Gasteiger partial charge in [0.1, 0.15) is 0 Å². The first-order chi connectivity index (χ1) is 19.0. The highest BCUT2D eigenvalue weighted by atomic mass is 14.3. The number of hydrogen-bond acceptors (Lipinski definition) is 2. The van der Waals surface area contributed by atoms with Gasteiger partial charge in [-0.1, -0.05) is 119 Å². The van der Waals surface area contributed by atoms with Crippen molar-refractivity contribution in [3.63, 3.8) is 0 Å². The van der Waals surface area contributed by atoms with Gasteiger partial charge in [-0.15, -0.1) is 6.58 Å². The Kier molecular flexibility index (Phi) is 11.3. The van der Waals surface area contributed by atoms with Gasteiger partial charge in [-0.25, -0.2) is 0 Å². The van der Waals surface area contributed by atoms with E-state index in [9.17, 15) is 10.5 Å². The third-order valence-corrected chi connectivity index (χ3v) is 7.04. The Balaban J connectivity index is 1.76. The first-order valence-corrected chi connectivity index (χ1v) is 13.9. The van der Waals surface area contributed by atoms with E-state index in [2.05, 4.69) is 75.5 Å². The summed E-state index contributed by atoms with van der Waals surface area (Å²) in [6.07, 6.45) is 12.6. The summed E-state index contributed by atoms with van der Waals surface area (Å²) >= 11 is 0. The molecule has 0 heterocycles. The second kappa shape index (κ2) is 15.1. The van der Waals surface area contributed by atoms with Crippen molar-refractivity contribution in [1.82, 2.24) is 0 Å². The van der Waals surface area contributed by atoms with Crippen LogP contribution in [0.2, 0.25) is 0 Å². The maximum absolute atomic E-state index is 9.85. The lowest BCUT2D eigenvalue weighted by molar-refractivity contribution is 0.664. The van der Waals surface area contributed by atoms with Gasteiger partial charge in [0.2, 0.25) is 0 Å². The molecule has 0 spiro atoms. The third-order valence-electron chi connectivity index (χ3n) is 7.04. The molecule has 0 aliphatic rings. The summed E-state index contributed by atoms with van der Waals surface area (Å²) in [6, 6.07) is 28.9. The summed E-state index contributed by atoms with van der Waals surface area (Å²) in [4.78, 5) is 0. The summed E-state index contributed by atoms with van der Waals surface area (Å²) in [7, 11) is 0. The van der Waals surface area contributed by atoms with E-state index in [-0.39, 0.29) is 0 Å². The molecule has 0 aromatic heterocycles. The molecule has 0 saturated heterocycles. The highest BCUT2D eigenvalue weighted by molar-refractivity contribution is 5.92. The predicted octanol–water partition coefficient (Wildman–Crippen LogP) is 10.5. The van der Waals surface area contributed by atoms with Crippen LogP contribution >= 0.6 is 0 Å². The van der Waals surface area contributed by atoms with Crippen molar-refractivity contribution in [3.05, 3.63) is 125 Å². The molecular weight excluding hydrogens is 472 g/mol. The van der Waals surface area contributed by atoms with Crippen molar-refractivity contribution < 1.29 is 0 Å². The number of nitriles is 2. The zero-order chi connectivity index (χ0) is 28.0. The molecule has 3 aromatic carbocycles. The lowest BCUT2D eigenvalue weighted by atomic mass is 9.92. The lowest BCUT2D eigenvalue weighted by Crippen LogP contribution is -1.95. The first kappa shape index (κ1) is 29.2. The largest absolute Gasteiger partial charge is 0.192 e. The number of unbranched alkanes of at least 4 members (excludes halogenated alkanes) is 2. The normalized spacial score (nSPS) is 12.3. The fraction of sp³-hybridized carbons (Fsp3) is 0.243.